The number of nitriles is 2. The van der Waals surface area contributed by atoms with Gasteiger partial charge in [0.25, 0.3) is 0 Å². The van der Waals surface area contributed by atoms with Gasteiger partial charge < -0.3 is 4.57 Å². The Balaban J connectivity index is 2.41. The number of aromatic nitrogens is 1. The molecule has 3 heteroatoms. The predicted octanol–water partition coefficient (Wildman–Crippen LogP) is 2.90. The van der Waals surface area contributed by atoms with Crippen molar-refractivity contribution in [2.75, 3.05) is 0 Å². The predicted molar refractivity (Wildman–Crippen MR) is 68.9 cm³/mol. The van der Waals surface area contributed by atoms with Gasteiger partial charge in [0.05, 0.1) is 11.6 Å². The SMILES string of the molecule is Cc1cc(C)n(Cc2cccc(C#N)c2)c1C#N. The highest BCUT2D eigenvalue weighted by Crippen LogP contribution is 2.16. The molecule has 1 aromatic carbocycles. The Kier molecular flexibility index (Phi) is 3.17. The van der Waals surface area contributed by atoms with Crippen LogP contribution in [0.4, 0.5) is 0 Å². The molecule has 0 atom stereocenters. The van der Waals surface area contributed by atoms with E-state index in [0.29, 0.717) is 17.8 Å². The molecule has 0 bridgehead atoms. The van der Waals surface area contributed by atoms with Crippen molar-refractivity contribution in [1.29, 1.82) is 10.5 Å². The van der Waals surface area contributed by atoms with Crippen molar-refractivity contribution in [3.05, 3.63) is 58.4 Å². The van der Waals surface area contributed by atoms with E-state index >= 15 is 0 Å². The summed E-state index contributed by atoms with van der Waals surface area (Å²) < 4.78 is 1.98. The lowest BCUT2D eigenvalue weighted by Crippen LogP contribution is -2.04. The van der Waals surface area contributed by atoms with Crippen LogP contribution in [0.1, 0.15) is 28.1 Å². The second kappa shape index (κ2) is 4.77. The van der Waals surface area contributed by atoms with E-state index in [-0.39, 0.29) is 0 Å². The van der Waals surface area contributed by atoms with Crippen LogP contribution >= 0.6 is 0 Å². The van der Waals surface area contributed by atoms with Crippen LogP contribution in [0.25, 0.3) is 0 Å². The van der Waals surface area contributed by atoms with Crippen LogP contribution < -0.4 is 0 Å². The van der Waals surface area contributed by atoms with Crippen molar-refractivity contribution in [1.82, 2.24) is 4.57 Å². The van der Waals surface area contributed by atoms with Gasteiger partial charge in [-0.25, -0.2) is 0 Å². The lowest BCUT2D eigenvalue weighted by Gasteiger charge is -2.08. The zero-order valence-corrected chi connectivity index (χ0v) is 10.4. The van der Waals surface area contributed by atoms with Gasteiger partial charge in [0.2, 0.25) is 0 Å². The number of nitrogens with zero attached hydrogens (tertiary/aromatic N) is 3. The third kappa shape index (κ3) is 2.12. The highest BCUT2D eigenvalue weighted by molar-refractivity contribution is 5.38. The first-order chi connectivity index (χ1) is 8.65. The fourth-order valence-electron chi connectivity index (χ4n) is 2.12. The summed E-state index contributed by atoms with van der Waals surface area (Å²) in [5.74, 6) is 0. The van der Waals surface area contributed by atoms with E-state index in [1.165, 1.54) is 0 Å². The molecule has 2 rings (SSSR count). The largest absolute Gasteiger partial charge is 0.332 e. The van der Waals surface area contributed by atoms with E-state index in [2.05, 4.69) is 12.1 Å². The lowest BCUT2D eigenvalue weighted by atomic mass is 10.1. The average molecular weight is 235 g/mol. The van der Waals surface area contributed by atoms with Crippen LogP contribution in [-0.4, -0.2) is 4.57 Å². The van der Waals surface area contributed by atoms with Crippen molar-refractivity contribution in [2.24, 2.45) is 0 Å². The highest BCUT2D eigenvalue weighted by atomic mass is 15.0. The Morgan fingerprint density at radius 3 is 2.56 bits per heavy atom. The molecule has 0 amide bonds. The molecule has 0 fully saturated rings. The Morgan fingerprint density at radius 2 is 1.89 bits per heavy atom. The van der Waals surface area contributed by atoms with Gasteiger partial charge in [0.1, 0.15) is 11.8 Å². The van der Waals surface area contributed by atoms with Gasteiger partial charge in [-0.3, -0.25) is 0 Å². The van der Waals surface area contributed by atoms with Crippen molar-refractivity contribution in [2.45, 2.75) is 20.4 Å². The van der Waals surface area contributed by atoms with Gasteiger partial charge in [0.15, 0.2) is 0 Å². The fraction of sp³-hybridized carbons (Fsp3) is 0.200. The maximum atomic E-state index is 9.17. The van der Waals surface area contributed by atoms with Crippen molar-refractivity contribution in [3.8, 4) is 12.1 Å². The molecule has 18 heavy (non-hydrogen) atoms. The second-order valence-corrected chi connectivity index (χ2v) is 4.33. The smallest absolute Gasteiger partial charge is 0.123 e. The Bertz CT molecular complexity index is 666. The Labute approximate surface area is 107 Å². The van der Waals surface area contributed by atoms with E-state index in [4.69, 9.17) is 10.5 Å². The lowest BCUT2D eigenvalue weighted by molar-refractivity contribution is 0.763. The third-order valence-corrected chi connectivity index (χ3v) is 3.00. The van der Waals surface area contributed by atoms with E-state index in [9.17, 15) is 0 Å². The van der Waals surface area contributed by atoms with Crippen LogP contribution in [-0.2, 0) is 6.54 Å². The molecule has 88 valence electrons. The van der Waals surface area contributed by atoms with Crippen molar-refractivity contribution >= 4 is 0 Å². The third-order valence-electron chi connectivity index (χ3n) is 3.00. The standard InChI is InChI=1S/C15H13N3/c1-11-6-12(2)18(15(11)9-17)10-14-5-3-4-13(7-14)8-16/h3-7H,10H2,1-2H3. The first-order valence-electron chi connectivity index (χ1n) is 5.71. The van der Waals surface area contributed by atoms with E-state index in [1.54, 1.807) is 6.07 Å². The first-order valence-corrected chi connectivity index (χ1v) is 5.71. The van der Waals surface area contributed by atoms with Gasteiger partial charge in [0, 0.05) is 12.2 Å². The summed E-state index contributed by atoms with van der Waals surface area (Å²) >= 11 is 0. The van der Waals surface area contributed by atoms with E-state index in [1.807, 2.05) is 42.7 Å². The van der Waals surface area contributed by atoms with Crippen LogP contribution in [0.2, 0.25) is 0 Å². The quantitative estimate of drug-likeness (QED) is 0.803. The molecule has 3 nitrogen and oxygen atoms in total. The fourth-order valence-corrected chi connectivity index (χ4v) is 2.12. The number of hydrogen-bond donors (Lipinski definition) is 0. The minimum atomic E-state index is 0.623. The van der Waals surface area contributed by atoms with Crippen LogP contribution in [0.3, 0.4) is 0 Å². The zero-order chi connectivity index (χ0) is 13.1. The molecular formula is C15H13N3. The maximum Gasteiger partial charge on any atom is 0.123 e. The molecule has 0 aliphatic rings. The molecule has 0 aliphatic heterocycles. The molecule has 1 heterocycles. The second-order valence-electron chi connectivity index (χ2n) is 4.33. The van der Waals surface area contributed by atoms with Crippen LogP contribution in [0.15, 0.2) is 30.3 Å². The summed E-state index contributed by atoms with van der Waals surface area (Å²) in [5, 5.41) is 18.0. The summed E-state index contributed by atoms with van der Waals surface area (Å²) in [6, 6.07) is 13.8. The molecule has 0 N–H and O–H groups in total. The van der Waals surface area contributed by atoms with Gasteiger partial charge >= 0.3 is 0 Å². The summed E-state index contributed by atoms with van der Waals surface area (Å²) in [6.07, 6.45) is 0. The number of rotatable bonds is 2. The summed E-state index contributed by atoms with van der Waals surface area (Å²) in [5.41, 5.74) is 4.42. The van der Waals surface area contributed by atoms with E-state index < -0.39 is 0 Å². The van der Waals surface area contributed by atoms with Crippen LogP contribution in [0.5, 0.6) is 0 Å². The minimum Gasteiger partial charge on any atom is -0.332 e. The first kappa shape index (κ1) is 12.0. The Hall–Kier alpha value is -2.52. The number of aryl methyl sites for hydroxylation is 2. The van der Waals surface area contributed by atoms with Crippen molar-refractivity contribution in [3.63, 3.8) is 0 Å². The molecule has 0 saturated heterocycles. The molecule has 0 saturated carbocycles. The van der Waals surface area contributed by atoms with Crippen LogP contribution in [0, 0.1) is 36.5 Å². The Morgan fingerprint density at radius 1 is 1.11 bits per heavy atom. The van der Waals surface area contributed by atoms with Crippen molar-refractivity contribution < 1.29 is 0 Å². The van der Waals surface area contributed by atoms with Gasteiger partial charge in [-0.2, -0.15) is 10.5 Å². The normalized spacial score (nSPS) is 9.78. The molecule has 0 unspecified atom stereocenters. The van der Waals surface area contributed by atoms with E-state index in [0.717, 1.165) is 16.8 Å². The topological polar surface area (TPSA) is 52.5 Å². The summed E-state index contributed by atoms with van der Waals surface area (Å²) in [7, 11) is 0. The molecule has 0 radical (unpaired) electrons. The molecular weight excluding hydrogens is 222 g/mol. The van der Waals surface area contributed by atoms with Gasteiger partial charge in [-0.1, -0.05) is 12.1 Å². The number of hydrogen-bond acceptors (Lipinski definition) is 2. The monoisotopic (exact) mass is 235 g/mol. The highest BCUT2D eigenvalue weighted by Gasteiger charge is 2.09. The number of benzene rings is 1. The molecule has 1 aromatic heterocycles. The van der Waals surface area contributed by atoms with Gasteiger partial charge in [-0.15, -0.1) is 0 Å². The molecule has 0 spiro atoms. The average Bonchev–Trinajstić information content (AvgIpc) is 2.64. The summed E-state index contributed by atoms with van der Waals surface area (Å²) in [6.45, 7) is 4.55. The molecule has 2 aromatic rings. The zero-order valence-electron chi connectivity index (χ0n) is 10.4. The minimum absolute atomic E-state index is 0.623. The molecule has 0 aliphatic carbocycles. The maximum absolute atomic E-state index is 9.17. The summed E-state index contributed by atoms with van der Waals surface area (Å²) in [4.78, 5) is 0. The van der Waals surface area contributed by atoms with Gasteiger partial charge in [-0.05, 0) is 43.2 Å².